The van der Waals surface area contributed by atoms with Gasteiger partial charge in [-0.2, -0.15) is 0 Å². The van der Waals surface area contributed by atoms with Gasteiger partial charge in [0, 0.05) is 11.1 Å². The zero-order chi connectivity index (χ0) is 18.4. The second-order valence-electron chi connectivity index (χ2n) is 4.91. The molecule has 1 amide bonds. The Labute approximate surface area is 143 Å². The number of halogens is 1. The van der Waals surface area contributed by atoms with E-state index in [1.165, 1.54) is 32.4 Å². The quantitative estimate of drug-likeness (QED) is 0.800. The number of hydrogen-bond acceptors (Lipinski definition) is 5. The lowest BCUT2D eigenvalue weighted by atomic mass is 10.1. The molecule has 0 bridgehead atoms. The van der Waals surface area contributed by atoms with E-state index < -0.39 is 23.4 Å². The fourth-order valence-electron chi connectivity index (χ4n) is 2.05. The topological polar surface area (TPSA) is 87.7 Å². The van der Waals surface area contributed by atoms with E-state index in [4.69, 9.17) is 9.47 Å². The molecule has 0 saturated carbocycles. The van der Waals surface area contributed by atoms with Gasteiger partial charge in [-0.25, -0.2) is 4.39 Å². The average Bonchev–Trinajstić information content (AvgIpc) is 2.61. The fourth-order valence-corrected chi connectivity index (χ4v) is 2.05. The Hall–Kier alpha value is -3.35. The van der Waals surface area contributed by atoms with Crippen LogP contribution < -0.4 is 19.9 Å². The molecule has 0 aromatic heterocycles. The summed E-state index contributed by atoms with van der Waals surface area (Å²) in [5, 5.41) is 13.6. The van der Waals surface area contributed by atoms with Crippen LogP contribution in [0.1, 0.15) is 15.9 Å². The van der Waals surface area contributed by atoms with Crippen molar-refractivity contribution in [1.29, 1.82) is 0 Å². The number of ether oxygens (including phenoxy) is 2. The number of benzene rings is 2. The number of methoxy groups -OCH3 is 2. The fraction of sp³-hybridized carbons (Fsp3) is 0.111. The largest absolute Gasteiger partial charge is 0.543 e. The first-order valence-corrected chi connectivity index (χ1v) is 7.16. The Bertz CT molecular complexity index is 815. The van der Waals surface area contributed by atoms with Crippen LogP contribution in [0.2, 0.25) is 0 Å². The van der Waals surface area contributed by atoms with Crippen LogP contribution in [-0.2, 0) is 4.79 Å². The minimum absolute atomic E-state index is 0.103. The highest BCUT2D eigenvalue weighted by molar-refractivity contribution is 6.02. The monoisotopic (exact) mass is 344 g/mol. The highest BCUT2D eigenvalue weighted by atomic mass is 19.1. The smallest absolute Gasteiger partial charge is 0.255 e. The van der Waals surface area contributed by atoms with Crippen molar-refractivity contribution in [3.05, 3.63) is 65.1 Å². The number of rotatable bonds is 6. The highest BCUT2D eigenvalue weighted by Gasteiger charge is 2.11. The first-order valence-electron chi connectivity index (χ1n) is 7.16. The van der Waals surface area contributed by atoms with Crippen LogP contribution in [-0.4, -0.2) is 26.1 Å². The zero-order valence-electron chi connectivity index (χ0n) is 13.5. The summed E-state index contributed by atoms with van der Waals surface area (Å²) in [4.78, 5) is 23.5. The van der Waals surface area contributed by atoms with Crippen LogP contribution in [0.25, 0.3) is 6.08 Å². The molecular formula is C18H15FNO5-. The molecule has 0 heterocycles. The van der Waals surface area contributed by atoms with Gasteiger partial charge in [0.05, 0.1) is 25.9 Å². The lowest BCUT2D eigenvalue weighted by molar-refractivity contribution is -0.299. The minimum Gasteiger partial charge on any atom is -0.543 e. The molecule has 0 radical (unpaired) electrons. The molecule has 0 atom stereocenters. The van der Waals surface area contributed by atoms with Gasteiger partial charge in [-0.05, 0) is 48.5 Å². The molecule has 0 fully saturated rings. The first-order chi connectivity index (χ1) is 11.9. The van der Waals surface area contributed by atoms with Crippen molar-refractivity contribution in [3.63, 3.8) is 0 Å². The van der Waals surface area contributed by atoms with Crippen LogP contribution in [0.4, 0.5) is 4.39 Å². The molecule has 130 valence electrons. The van der Waals surface area contributed by atoms with Gasteiger partial charge in [-0.15, -0.1) is 0 Å². The maximum Gasteiger partial charge on any atom is 0.255 e. The number of hydrogen-bond donors (Lipinski definition) is 1. The molecule has 0 unspecified atom stereocenters. The Kier molecular flexibility index (Phi) is 5.73. The Morgan fingerprint density at radius 3 is 2.32 bits per heavy atom. The zero-order valence-corrected chi connectivity index (χ0v) is 13.5. The normalized spacial score (nSPS) is 10.9. The highest BCUT2D eigenvalue weighted by Crippen LogP contribution is 2.25. The maximum absolute atomic E-state index is 12.9. The van der Waals surface area contributed by atoms with Crippen LogP contribution in [0.3, 0.4) is 0 Å². The lowest BCUT2D eigenvalue weighted by Gasteiger charge is -2.13. The Balaban J connectivity index is 2.34. The predicted molar refractivity (Wildman–Crippen MR) is 86.4 cm³/mol. The standard InChI is InChI=1S/C18H16FNO5/c1-24-14-7-8-16(25-2)12(9-14)10-15(18(22)23)20-17(21)11-3-5-13(19)6-4-11/h3-10H,1-2H3,(H,20,21)(H,22,23)/p-1/b15-10-. The molecule has 2 rings (SSSR count). The third-order valence-corrected chi connectivity index (χ3v) is 3.31. The van der Waals surface area contributed by atoms with Gasteiger partial charge >= 0.3 is 0 Å². The van der Waals surface area contributed by atoms with Gasteiger partial charge in [-0.1, -0.05) is 0 Å². The van der Waals surface area contributed by atoms with Crippen molar-refractivity contribution in [2.45, 2.75) is 0 Å². The van der Waals surface area contributed by atoms with E-state index in [2.05, 4.69) is 5.32 Å². The van der Waals surface area contributed by atoms with Gasteiger partial charge in [-0.3, -0.25) is 4.79 Å². The molecule has 25 heavy (non-hydrogen) atoms. The second kappa shape index (κ2) is 7.96. The van der Waals surface area contributed by atoms with Gasteiger partial charge in [0.25, 0.3) is 5.91 Å². The van der Waals surface area contributed by atoms with Crippen LogP contribution >= 0.6 is 0 Å². The number of carbonyl (C=O) groups is 2. The van der Waals surface area contributed by atoms with Gasteiger partial charge in [0.15, 0.2) is 0 Å². The van der Waals surface area contributed by atoms with E-state index in [1.54, 1.807) is 18.2 Å². The third kappa shape index (κ3) is 4.57. The number of carboxylic acids is 1. The number of aliphatic carboxylic acids is 1. The Morgan fingerprint density at radius 1 is 1.08 bits per heavy atom. The maximum atomic E-state index is 12.9. The van der Waals surface area contributed by atoms with Crippen molar-refractivity contribution in [2.75, 3.05) is 14.2 Å². The lowest BCUT2D eigenvalue weighted by Crippen LogP contribution is -2.35. The van der Waals surface area contributed by atoms with Gasteiger partial charge in [0.1, 0.15) is 17.3 Å². The van der Waals surface area contributed by atoms with E-state index in [0.717, 1.165) is 12.1 Å². The minimum atomic E-state index is -1.58. The Morgan fingerprint density at radius 2 is 1.76 bits per heavy atom. The SMILES string of the molecule is COc1ccc(OC)c(/C=C(\NC(=O)c2ccc(F)cc2)C(=O)[O-])c1. The van der Waals surface area contributed by atoms with Crippen molar-refractivity contribution in [1.82, 2.24) is 5.32 Å². The van der Waals surface area contributed by atoms with Crippen molar-refractivity contribution >= 4 is 18.0 Å². The van der Waals surface area contributed by atoms with Crippen molar-refractivity contribution in [2.24, 2.45) is 0 Å². The van der Waals surface area contributed by atoms with E-state index in [-0.39, 0.29) is 5.56 Å². The number of amides is 1. The molecule has 2 aromatic rings. The van der Waals surface area contributed by atoms with Crippen LogP contribution in [0.5, 0.6) is 11.5 Å². The average molecular weight is 344 g/mol. The molecule has 1 N–H and O–H groups in total. The summed E-state index contributed by atoms with van der Waals surface area (Å²) in [5.41, 5.74) is 0.00694. The molecule has 0 spiro atoms. The summed E-state index contributed by atoms with van der Waals surface area (Å²) in [7, 11) is 2.89. The first kappa shape index (κ1) is 18.0. The molecule has 0 aliphatic heterocycles. The number of carboxylic acid groups (broad SMARTS) is 1. The summed E-state index contributed by atoms with van der Waals surface area (Å²) in [6.45, 7) is 0. The predicted octanol–water partition coefficient (Wildman–Crippen LogP) is 1.36. The number of nitrogens with one attached hydrogen (secondary N) is 1. The molecule has 0 aliphatic carbocycles. The second-order valence-corrected chi connectivity index (χ2v) is 4.91. The molecular weight excluding hydrogens is 329 g/mol. The van der Waals surface area contributed by atoms with Crippen LogP contribution in [0, 0.1) is 5.82 Å². The molecule has 0 saturated heterocycles. The van der Waals surface area contributed by atoms with E-state index in [0.29, 0.717) is 17.1 Å². The summed E-state index contributed by atoms with van der Waals surface area (Å²) in [6, 6.07) is 9.47. The molecule has 2 aromatic carbocycles. The summed E-state index contributed by atoms with van der Waals surface area (Å²) in [5.74, 6) is -1.93. The van der Waals surface area contributed by atoms with Gasteiger partial charge < -0.3 is 24.7 Å². The third-order valence-electron chi connectivity index (χ3n) is 3.31. The summed E-state index contributed by atoms with van der Waals surface area (Å²) in [6.07, 6.45) is 1.19. The van der Waals surface area contributed by atoms with Crippen LogP contribution in [0.15, 0.2) is 48.2 Å². The molecule has 6 nitrogen and oxygen atoms in total. The summed E-state index contributed by atoms with van der Waals surface area (Å²) >= 11 is 0. The summed E-state index contributed by atoms with van der Waals surface area (Å²) < 4.78 is 23.2. The molecule has 7 heteroatoms. The molecule has 0 aliphatic rings. The van der Waals surface area contributed by atoms with E-state index in [1.807, 2.05) is 0 Å². The van der Waals surface area contributed by atoms with E-state index in [9.17, 15) is 19.1 Å². The number of carbonyl (C=O) groups excluding carboxylic acids is 2. The van der Waals surface area contributed by atoms with Gasteiger partial charge in [0.2, 0.25) is 0 Å². The van der Waals surface area contributed by atoms with Crippen molar-refractivity contribution < 1.29 is 28.6 Å². The van der Waals surface area contributed by atoms with E-state index >= 15 is 0 Å². The van der Waals surface area contributed by atoms with Crippen molar-refractivity contribution in [3.8, 4) is 11.5 Å².